The molecule has 1 aromatic rings. The van der Waals surface area contributed by atoms with Crippen LogP contribution in [0.5, 0.6) is 5.75 Å². The van der Waals surface area contributed by atoms with Crippen molar-refractivity contribution >= 4 is 15.7 Å². The number of benzene rings is 1. The fraction of sp³-hybridized carbons (Fsp3) is 0.538. The van der Waals surface area contributed by atoms with E-state index in [1.165, 1.54) is 25.3 Å². The average molecular weight is 302 g/mol. The van der Waals surface area contributed by atoms with Gasteiger partial charge in [-0.05, 0) is 25.5 Å². The number of hydrogen-bond acceptors (Lipinski definition) is 5. The first-order chi connectivity index (χ1) is 9.22. The second kappa shape index (κ2) is 6.43. The van der Waals surface area contributed by atoms with Crippen molar-refractivity contribution in [3.63, 3.8) is 0 Å². The second-order valence-electron chi connectivity index (χ2n) is 4.98. The van der Waals surface area contributed by atoms with Gasteiger partial charge in [0, 0.05) is 12.6 Å². The molecule has 6 nitrogen and oxygen atoms in total. The van der Waals surface area contributed by atoms with Gasteiger partial charge in [0.2, 0.25) is 10.0 Å². The lowest BCUT2D eigenvalue weighted by molar-refractivity contribution is 0.0554. The minimum absolute atomic E-state index is 0.0226. The summed E-state index contributed by atoms with van der Waals surface area (Å²) in [7, 11) is -2.28. The number of anilines is 1. The third kappa shape index (κ3) is 4.36. The maximum absolute atomic E-state index is 12.2. The van der Waals surface area contributed by atoms with E-state index < -0.39 is 15.6 Å². The SMILES string of the molecule is CCCC(C)(O)CNS(=O)(=O)c1ccc(OC)cc1N. The Labute approximate surface area is 120 Å². The van der Waals surface area contributed by atoms with Crippen molar-refractivity contribution in [3.05, 3.63) is 18.2 Å². The zero-order valence-corrected chi connectivity index (χ0v) is 12.8. The molecule has 0 aliphatic heterocycles. The molecular formula is C13H22N2O4S. The molecule has 0 amide bonds. The van der Waals surface area contributed by atoms with Gasteiger partial charge in [0.25, 0.3) is 0 Å². The number of nitrogens with one attached hydrogen (secondary N) is 1. The Kier molecular flexibility index (Phi) is 5.38. The Morgan fingerprint density at radius 2 is 2.10 bits per heavy atom. The van der Waals surface area contributed by atoms with E-state index in [0.29, 0.717) is 12.2 Å². The number of aliphatic hydroxyl groups is 1. The highest BCUT2D eigenvalue weighted by molar-refractivity contribution is 7.89. The highest BCUT2D eigenvalue weighted by atomic mass is 32.2. The van der Waals surface area contributed by atoms with E-state index >= 15 is 0 Å². The minimum atomic E-state index is -3.76. The molecule has 0 aliphatic carbocycles. The normalized spacial score (nSPS) is 14.8. The van der Waals surface area contributed by atoms with Crippen LogP contribution in [0, 0.1) is 0 Å². The summed E-state index contributed by atoms with van der Waals surface area (Å²) in [6, 6.07) is 4.35. The quantitative estimate of drug-likeness (QED) is 0.655. The molecule has 114 valence electrons. The Morgan fingerprint density at radius 3 is 2.60 bits per heavy atom. The van der Waals surface area contributed by atoms with Crippen molar-refractivity contribution in [3.8, 4) is 5.75 Å². The van der Waals surface area contributed by atoms with Crippen molar-refractivity contribution in [1.82, 2.24) is 4.72 Å². The van der Waals surface area contributed by atoms with E-state index in [1.54, 1.807) is 6.92 Å². The molecule has 0 saturated carbocycles. The van der Waals surface area contributed by atoms with Gasteiger partial charge in [-0.3, -0.25) is 0 Å². The summed E-state index contributed by atoms with van der Waals surface area (Å²) >= 11 is 0. The molecule has 20 heavy (non-hydrogen) atoms. The standard InChI is InChI=1S/C13H22N2O4S/c1-4-7-13(2,16)9-15-20(17,18)12-6-5-10(19-3)8-11(12)14/h5-6,8,15-16H,4,7,9,14H2,1-3H3. The Bertz CT molecular complexity index is 555. The molecule has 0 aromatic heterocycles. The van der Waals surface area contributed by atoms with Crippen molar-refractivity contribution in [1.29, 1.82) is 0 Å². The van der Waals surface area contributed by atoms with Gasteiger partial charge >= 0.3 is 0 Å². The molecule has 1 rings (SSSR count). The third-order valence-corrected chi connectivity index (χ3v) is 4.41. The van der Waals surface area contributed by atoms with E-state index in [-0.39, 0.29) is 17.1 Å². The van der Waals surface area contributed by atoms with Crippen LogP contribution in [0.4, 0.5) is 5.69 Å². The Morgan fingerprint density at radius 1 is 1.45 bits per heavy atom. The van der Waals surface area contributed by atoms with E-state index in [1.807, 2.05) is 6.92 Å². The summed E-state index contributed by atoms with van der Waals surface area (Å²) in [5.41, 5.74) is 4.74. The second-order valence-corrected chi connectivity index (χ2v) is 6.71. The molecule has 1 unspecified atom stereocenters. The van der Waals surface area contributed by atoms with Gasteiger partial charge in [0.1, 0.15) is 10.6 Å². The molecule has 0 heterocycles. The van der Waals surface area contributed by atoms with Crippen molar-refractivity contribution in [2.75, 3.05) is 19.4 Å². The number of methoxy groups -OCH3 is 1. The van der Waals surface area contributed by atoms with Crippen LogP contribution < -0.4 is 15.2 Å². The highest BCUT2D eigenvalue weighted by Gasteiger charge is 2.24. The molecule has 0 aliphatic rings. The molecule has 0 saturated heterocycles. The summed E-state index contributed by atoms with van der Waals surface area (Å²) in [5.74, 6) is 0.486. The van der Waals surface area contributed by atoms with E-state index in [4.69, 9.17) is 10.5 Å². The topological polar surface area (TPSA) is 102 Å². The van der Waals surface area contributed by atoms with Gasteiger partial charge in [-0.15, -0.1) is 0 Å². The van der Waals surface area contributed by atoms with E-state index in [2.05, 4.69) is 4.72 Å². The van der Waals surface area contributed by atoms with Gasteiger partial charge in [-0.2, -0.15) is 0 Å². The molecule has 0 fully saturated rings. The summed E-state index contributed by atoms with van der Waals surface area (Å²) in [4.78, 5) is -0.0226. The fourth-order valence-corrected chi connectivity index (χ4v) is 3.13. The molecule has 0 spiro atoms. The monoisotopic (exact) mass is 302 g/mol. The molecule has 0 radical (unpaired) electrons. The summed E-state index contributed by atoms with van der Waals surface area (Å²) in [5, 5.41) is 10.00. The first-order valence-corrected chi connectivity index (χ1v) is 7.86. The van der Waals surface area contributed by atoms with Crippen molar-refractivity contribution in [2.45, 2.75) is 37.2 Å². The van der Waals surface area contributed by atoms with Gasteiger partial charge in [-0.25, -0.2) is 13.1 Å². The van der Waals surface area contributed by atoms with Crippen LogP contribution >= 0.6 is 0 Å². The lowest BCUT2D eigenvalue weighted by Gasteiger charge is -2.23. The average Bonchev–Trinajstić information content (AvgIpc) is 2.36. The molecule has 0 bridgehead atoms. The number of rotatable bonds is 7. The van der Waals surface area contributed by atoms with E-state index in [9.17, 15) is 13.5 Å². The maximum atomic E-state index is 12.2. The molecule has 7 heteroatoms. The molecular weight excluding hydrogens is 280 g/mol. The molecule has 1 aromatic carbocycles. The first kappa shape index (κ1) is 16.7. The number of sulfonamides is 1. The van der Waals surface area contributed by atoms with Crippen LogP contribution in [0.15, 0.2) is 23.1 Å². The van der Waals surface area contributed by atoms with Crippen LogP contribution in [0.3, 0.4) is 0 Å². The maximum Gasteiger partial charge on any atom is 0.242 e. The number of nitrogen functional groups attached to an aromatic ring is 1. The Hall–Kier alpha value is -1.31. The van der Waals surface area contributed by atoms with Gasteiger partial charge in [0.05, 0.1) is 18.4 Å². The van der Waals surface area contributed by atoms with Crippen LogP contribution in [0.25, 0.3) is 0 Å². The minimum Gasteiger partial charge on any atom is -0.497 e. The van der Waals surface area contributed by atoms with Crippen LogP contribution in [-0.2, 0) is 10.0 Å². The predicted molar refractivity (Wildman–Crippen MR) is 78.1 cm³/mol. The van der Waals surface area contributed by atoms with Crippen molar-refractivity contribution in [2.24, 2.45) is 0 Å². The van der Waals surface area contributed by atoms with Gasteiger partial charge in [-0.1, -0.05) is 13.3 Å². The first-order valence-electron chi connectivity index (χ1n) is 6.37. The lowest BCUT2D eigenvalue weighted by atomic mass is 10.0. The van der Waals surface area contributed by atoms with Crippen molar-refractivity contribution < 1.29 is 18.3 Å². The smallest absolute Gasteiger partial charge is 0.242 e. The third-order valence-electron chi connectivity index (χ3n) is 2.94. The lowest BCUT2D eigenvalue weighted by Crippen LogP contribution is -2.40. The van der Waals surface area contributed by atoms with Gasteiger partial charge < -0.3 is 15.6 Å². The predicted octanol–water partition coefficient (Wildman–Crippen LogP) is 1.11. The summed E-state index contributed by atoms with van der Waals surface area (Å²) in [6.07, 6.45) is 1.27. The largest absolute Gasteiger partial charge is 0.497 e. The number of hydrogen-bond donors (Lipinski definition) is 3. The fourth-order valence-electron chi connectivity index (χ4n) is 1.85. The van der Waals surface area contributed by atoms with Gasteiger partial charge in [0.15, 0.2) is 0 Å². The van der Waals surface area contributed by atoms with Crippen LogP contribution in [0.1, 0.15) is 26.7 Å². The zero-order valence-electron chi connectivity index (χ0n) is 12.0. The molecule has 1 atom stereocenters. The highest BCUT2D eigenvalue weighted by Crippen LogP contribution is 2.24. The van der Waals surface area contributed by atoms with E-state index in [0.717, 1.165) is 6.42 Å². The zero-order chi connectivity index (χ0) is 15.4. The summed E-state index contributed by atoms with van der Waals surface area (Å²) < 4.78 is 31.7. The number of nitrogens with two attached hydrogens (primary N) is 1. The van der Waals surface area contributed by atoms with Crippen LogP contribution in [-0.4, -0.2) is 32.8 Å². The Balaban J connectivity index is 2.89. The summed E-state index contributed by atoms with van der Waals surface area (Å²) in [6.45, 7) is 3.45. The number of ether oxygens (including phenoxy) is 1. The van der Waals surface area contributed by atoms with Crippen LogP contribution in [0.2, 0.25) is 0 Å². The molecule has 4 N–H and O–H groups in total.